The van der Waals surface area contributed by atoms with E-state index in [4.69, 9.17) is 0 Å². The van der Waals surface area contributed by atoms with Crippen molar-refractivity contribution in [3.8, 4) is 0 Å². The number of sulfonamides is 1. The molecule has 1 N–H and O–H groups in total. The van der Waals surface area contributed by atoms with Crippen molar-refractivity contribution < 1.29 is 13.2 Å². The van der Waals surface area contributed by atoms with Crippen LogP contribution in [0.4, 0.5) is 0 Å². The third-order valence-electron chi connectivity index (χ3n) is 4.42. The lowest BCUT2D eigenvalue weighted by Gasteiger charge is -2.33. The molecule has 2 aromatic rings. The van der Waals surface area contributed by atoms with Crippen LogP contribution in [0.15, 0.2) is 30.6 Å². The molecule has 24 heavy (non-hydrogen) atoms. The first-order valence-corrected chi connectivity index (χ1v) is 9.98. The number of piperidine rings is 1. The third kappa shape index (κ3) is 3.76. The number of nitrogens with one attached hydrogen (secondary N) is 1. The van der Waals surface area contributed by atoms with E-state index in [9.17, 15) is 13.2 Å². The highest BCUT2D eigenvalue weighted by molar-refractivity contribution is 7.88. The van der Waals surface area contributed by atoms with Gasteiger partial charge in [-0.05, 0) is 37.5 Å². The Kier molecular flexibility index (Phi) is 4.86. The van der Waals surface area contributed by atoms with Gasteiger partial charge in [-0.2, -0.15) is 9.40 Å². The minimum Gasteiger partial charge on any atom is -0.352 e. The van der Waals surface area contributed by atoms with E-state index in [1.807, 2.05) is 6.07 Å². The average Bonchev–Trinajstić information content (AvgIpc) is 3.01. The average molecular weight is 350 g/mol. The fourth-order valence-corrected chi connectivity index (χ4v) is 4.43. The lowest BCUT2D eigenvalue weighted by molar-refractivity contribution is 0.0949. The SMILES string of the molecule is CS(=O)(=O)N1CCCCC1CCNC(=O)c1ccn2nccc2c1. The summed E-state index contributed by atoms with van der Waals surface area (Å²) in [7, 11) is -3.18. The van der Waals surface area contributed by atoms with E-state index < -0.39 is 10.0 Å². The van der Waals surface area contributed by atoms with Crippen LogP contribution in [0.5, 0.6) is 0 Å². The topological polar surface area (TPSA) is 83.8 Å². The monoisotopic (exact) mass is 350 g/mol. The zero-order chi connectivity index (χ0) is 17.2. The predicted molar refractivity (Wildman–Crippen MR) is 91.3 cm³/mol. The predicted octanol–water partition coefficient (Wildman–Crippen LogP) is 1.27. The molecule has 1 saturated heterocycles. The Morgan fingerprint density at radius 3 is 3.00 bits per heavy atom. The van der Waals surface area contributed by atoms with Crippen molar-refractivity contribution in [1.29, 1.82) is 0 Å². The number of carbonyl (C=O) groups excluding carboxylic acids is 1. The van der Waals surface area contributed by atoms with E-state index in [-0.39, 0.29) is 11.9 Å². The van der Waals surface area contributed by atoms with Crippen LogP contribution in [0.25, 0.3) is 5.52 Å². The number of hydrogen-bond donors (Lipinski definition) is 1. The van der Waals surface area contributed by atoms with Crippen molar-refractivity contribution in [3.05, 3.63) is 36.2 Å². The molecule has 0 radical (unpaired) electrons. The lowest BCUT2D eigenvalue weighted by atomic mass is 10.0. The first-order valence-electron chi connectivity index (χ1n) is 8.13. The van der Waals surface area contributed by atoms with Gasteiger partial charge in [-0.15, -0.1) is 0 Å². The van der Waals surface area contributed by atoms with E-state index in [0.29, 0.717) is 25.1 Å². The summed E-state index contributed by atoms with van der Waals surface area (Å²) in [6.45, 7) is 1.04. The summed E-state index contributed by atoms with van der Waals surface area (Å²) < 4.78 is 27.0. The van der Waals surface area contributed by atoms with Gasteiger partial charge in [-0.1, -0.05) is 6.42 Å². The zero-order valence-corrected chi connectivity index (χ0v) is 14.5. The number of rotatable bonds is 5. The second-order valence-corrected chi connectivity index (χ2v) is 8.12. The van der Waals surface area contributed by atoms with Crippen molar-refractivity contribution in [2.75, 3.05) is 19.3 Å². The minimum atomic E-state index is -3.18. The van der Waals surface area contributed by atoms with Gasteiger partial charge in [0.05, 0.1) is 11.8 Å². The maximum absolute atomic E-state index is 12.3. The number of aromatic nitrogens is 2. The number of hydrogen-bond acceptors (Lipinski definition) is 4. The Labute approximate surface area is 141 Å². The van der Waals surface area contributed by atoms with Crippen LogP contribution >= 0.6 is 0 Å². The van der Waals surface area contributed by atoms with Crippen LogP contribution in [0.3, 0.4) is 0 Å². The molecule has 0 bridgehead atoms. The van der Waals surface area contributed by atoms with Crippen LogP contribution in [0.2, 0.25) is 0 Å². The van der Waals surface area contributed by atoms with Crippen LogP contribution in [-0.4, -0.2) is 53.6 Å². The summed E-state index contributed by atoms with van der Waals surface area (Å²) in [5.41, 5.74) is 1.43. The standard InChI is InChI=1S/C16H22N4O3S/c1-24(22,23)20-10-3-2-4-14(20)5-8-17-16(21)13-7-11-19-15(12-13)6-9-18-19/h6-7,9,11-12,14H,2-5,8,10H2,1H3,(H,17,21). The number of carbonyl (C=O) groups is 1. The molecule has 7 nitrogen and oxygen atoms in total. The van der Waals surface area contributed by atoms with Gasteiger partial charge in [0.25, 0.3) is 5.91 Å². The van der Waals surface area contributed by atoms with Crippen molar-refractivity contribution >= 4 is 21.4 Å². The van der Waals surface area contributed by atoms with Gasteiger partial charge in [-0.3, -0.25) is 4.79 Å². The van der Waals surface area contributed by atoms with Crippen LogP contribution in [0.1, 0.15) is 36.0 Å². The first-order chi connectivity index (χ1) is 11.4. The van der Waals surface area contributed by atoms with Gasteiger partial charge in [0.2, 0.25) is 10.0 Å². The zero-order valence-electron chi connectivity index (χ0n) is 13.7. The molecule has 1 amide bonds. The highest BCUT2D eigenvalue weighted by Crippen LogP contribution is 2.21. The van der Waals surface area contributed by atoms with Crippen LogP contribution in [-0.2, 0) is 10.0 Å². The molecule has 0 saturated carbocycles. The quantitative estimate of drug-likeness (QED) is 0.880. The van der Waals surface area contributed by atoms with Crippen molar-refractivity contribution in [2.45, 2.75) is 31.7 Å². The molecule has 1 aliphatic heterocycles. The molecule has 1 fully saturated rings. The Morgan fingerprint density at radius 1 is 1.38 bits per heavy atom. The van der Waals surface area contributed by atoms with E-state index in [2.05, 4.69) is 10.4 Å². The van der Waals surface area contributed by atoms with E-state index >= 15 is 0 Å². The molecule has 2 aromatic heterocycles. The van der Waals surface area contributed by atoms with Gasteiger partial charge >= 0.3 is 0 Å². The lowest BCUT2D eigenvalue weighted by Crippen LogP contribution is -2.44. The van der Waals surface area contributed by atoms with E-state index in [1.165, 1.54) is 6.26 Å². The number of amides is 1. The second-order valence-electron chi connectivity index (χ2n) is 6.18. The summed E-state index contributed by atoms with van der Waals surface area (Å²) in [6, 6.07) is 5.32. The van der Waals surface area contributed by atoms with Crippen molar-refractivity contribution in [1.82, 2.24) is 19.2 Å². The fourth-order valence-electron chi connectivity index (χ4n) is 3.22. The van der Waals surface area contributed by atoms with Crippen LogP contribution in [0, 0.1) is 0 Å². The van der Waals surface area contributed by atoms with Crippen molar-refractivity contribution in [3.63, 3.8) is 0 Å². The largest absolute Gasteiger partial charge is 0.352 e. The summed E-state index contributed by atoms with van der Waals surface area (Å²) in [5.74, 6) is -0.152. The van der Waals surface area contributed by atoms with E-state index in [0.717, 1.165) is 24.8 Å². The molecular formula is C16H22N4O3S. The molecule has 3 rings (SSSR count). The Morgan fingerprint density at radius 2 is 2.21 bits per heavy atom. The molecule has 1 atom stereocenters. The van der Waals surface area contributed by atoms with Crippen LogP contribution < -0.4 is 5.32 Å². The summed E-state index contributed by atoms with van der Waals surface area (Å²) in [6.07, 6.45) is 8.10. The molecular weight excluding hydrogens is 328 g/mol. The second kappa shape index (κ2) is 6.90. The number of nitrogens with zero attached hydrogens (tertiary/aromatic N) is 3. The van der Waals surface area contributed by atoms with E-state index in [1.54, 1.807) is 33.3 Å². The van der Waals surface area contributed by atoms with Gasteiger partial charge in [0.15, 0.2) is 0 Å². The van der Waals surface area contributed by atoms with Gasteiger partial charge in [0.1, 0.15) is 0 Å². The molecule has 130 valence electrons. The smallest absolute Gasteiger partial charge is 0.251 e. The maximum atomic E-state index is 12.3. The summed E-state index contributed by atoms with van der Waals surface area (Å²) in [5, 5.41) is 6.98. The Balaban J connectivity index is 1.57. The molecule has 0 aliphatic carbocycles. The highest BCUT2D eigenvalue weighted by atomic mass is 32.2. The number of pyridine rings is 1. The third-order valence-corrected chi connectivity index (χ3v) is 5.76. The van der Waals surface area contributed by atoms with Crippen molar-refractivity contribution in [2.24, 2.45) is 0 Å². The molecule has 3 heterocycles. The first kappa shape index (κ1) is 16.9. The molecule has 0 aromatic carbocycles. The molecule has 8 heteroatoms. The fraction of sp³-hybridized carbons (Fsp3) is 0.500. The Bertz CT molecular complexity index is 831. The molecule has 1 unspecified atom stereocenters. The summed E-state index contributed by atoms with van der Waals surface area (Å²) in [4.78, 5) is 12.3. The highest BCUT2D eigenvalue weighted by Gasteiger charge is 2.28. The maximum Gasteiger partial charge on any atom is 0.251 e. The molecule has 1 aliphatic rings. The minimum absolute atomic E-state index is 0.0219. The van der Waals surface area contributed by atoms with Gasteiger partial charge in [0, 0.05) is 37.1 Å². The molecule has 0 spiro atoms. The van der Waals surface area contributed by atoms with Gasteiger partial charge in [-0.25, -0.2) is 12.9 Å². The number of fused-ring (bicyclic) bond motifs is 1. The van der Waals surface area contributed by atoms with Gasteiger partial charge < -0.3 is 5.32 Å². The normalized spacial score (nSPS) is 19.5. The summed E-state index contributed by atoms with van der Waals surface area (Å²) >= 11 is 0. The Hall–Kier alpha value is -1.93.